The number of imidazole rings is 1. The van der Waals surface area contributed by atoms with Crippen molar-refractivity contribution in [3.8, 4) is 5.88 Å². The Balaban J connectivity index is 1.02. The summed E-state index contributed by atoms with van der Waals surface area (Å²) in [6, 6.07) is 19.2. The predicted octanol–water partition coefficient (Wildman–Crippen LogP) is 4.42. The van der Waals surface area contributed by atoms with Crippen molar-refractivity contribution in [1.29, 1.82) is 0 Å². The van der Waals surface area contributed by atoms with Crippen molar-refractivity contribution in [3.05, 3.63) is 129 Å². The quantitative estimate of drug-likeness (QED) is 0.145. The van der Waals surface area contributed by atoms with Crippen LogP contribution in [0.4, 0.5) is 11.6 Å². The Morgan fingerprint density at radius 1 is 0.947 bits per heavy atom. The highest BCUT2D eigenvalue weighted by atomic mass is 28.3. The summed E-state index contributed by atoms with van der Waals surface area (Å²) >= 11 is 0. The fourth-order valence-electron chi connectivity index (χ4n) is 8.65. The van der Waals surface area contributed by atoms with E-state index in [1.807, 2.05) is 24.3 Å². The SMILES string of the molecule is C[Si]1(C)C2=CC(=[N+]3CCCC3)C=CC2=C(c2cc(C(=O)NCc3ccc(COc4nc(N)nc5nc[nH]c45)cc3)ccc2C(=O)[O-])c2ccc(N3CCCC3)cc21. The molecule has 2 aromatic heterocycles. The fourth-order valence-corrected chi connectivity index (χ4v) is 11.7. The molecule has 13 heteroatoms. The first kappa shape index (κ1) is 36.3. The molecule has 9 rings (SSSR count). The van der Waals surface area contributed by atoms with Crippen LogP contribution in [-0.4, -0.2) is 76.4 Å². The Morgan fingerprint density at radius 3 is 2.49 bits per heavy atom. The number of aromatic amines is 1. The summed E-state index contributed by atoms with van der Waals surface area (Å²) in [6.07, 6.45) is 12.9. The number of nitrogens with two attached hydrogens (primary N) is 1. The molecule has 5 aromatic rings. The number of aromatic nitrogens is 4. The highest BCUT2D eigenvalue weighted by Gasteiger charge is 2.41. The molecule has 4 aliphatic rings. The van der Waals surface area contributed by atoms with Crippen LogP contribution in [0.1, 0.15) is 68.7 Å². The zero-order valence-electron chi connectivity index (χ0n) is 32.1. The van der Waals surface area contributed by atoms with Gasteiger partial charge in [-0.05, 0) is 87.0 Å². The Hall–Kier alpha value is -6.34. The van der Waals surface area contributed by atoms with Gasteiger partial charge >= 0.3 is 0 Å². The van der Waals surface area contributed by atoms with Crippen LogP contribution in [0.3, 0.4) is 0 Å². The number of carbonyl (C=O) groups excluding carboxylic acids is 2. The minimum Gasteiger partial charge on any atom is -0.545 e. The van der Waals surface area contributed by atoms with Crippen LogP contribution >= 0.6 is 0 Å². The summed E-state index contributed by atoms with van der Waals surface area (Å²) < 4.78 is 8.37. The number of fused-ring (bicyclic) bond motifs is 3. The highest BCUT2D eigenvalue weighted by Crippen LogP contribution is 2.43. The Labute approximate surface area is 331 Å². The number of ether oxygens (including phenoxy) is 1. The number of benzene rings is 3. The Bertz CT molecular complexity index is 2570. The molecule has 0 atom stereocenters. The number of hydrogen-bond acceptors (Lipinski definition) is 9. The van der Waals surface area contributed by atoms with Gasteiger partial charge in [-0.2, -0.15) is 9.97 Å². The van der Waals surface area contributed by atoms with Crippen molar-refractivity contribution in [2.24, 2.45) is 0 Å². The van der Waals surface area contributed by atoms with Crippen LogP contribution in [0.15, 0.2) is 96.0 Å². The number of nitrogens with zero attached hydrogens (tertiary/aromatic N) is 5. The number of nitrogen functional groups attached to an aromatic ring is 1. The number of anilines is 2. The van der Waals surface area contributed by atoms with Crippen molar-refractivity contribution >= 4 is 59.2 Å². The number of carboxylic acid groups (broad SMARTS) is 1. The average molecular weight is 777 g/mol. The molecular formula is C44H44N8O4Si. The number of carboxylic acids is 1. The van der Waals surface area contributed by atoms with E-state index in [9.17, 15) is 14.7 Å². The maximum Gasteiger partial charge on any atom is 0.251 e. The highest BCUT2D eigenvalue weighted by molar-refractivity contribution is 6.98. The minimum atomic E-state index is -2.28. The minimum absolute atomic E-state index is 0.0581. The number of amides is 1. The molecule has 0 unspecified atom stereocenters. The first-order valence-corrected chi connectivity index (χ1v) is 22.6. The third kappa shape index (κ3) is 6.81. The van der Waals surface area contributed by atoms with E-state index in [4.69, 9.17) is 10.5 Å². The number of aromatic carboxylic acids is 1. The molecule has 2 fully saturated rings. The van der Waals surface area contributed by atoms with Crippen LogP contribution in [0.2, 0.25) is 13.1 Å². The molecular weight excluding hydrogens is 733 g/mol. The normalized spacial score (nSPS) is 17.2. The summed E-state index contributed by atoms with van der Waals surface area (Å²) in [5.41, 5.74) is 14.8. The molecule has 0 saturated carbocycles. The second-order valence-corrected chi connectivity index (χ2v) is 20.0. The lowest BCUT2D eigenvalue weighted by atomic mass is 9.86. The standard InChI is InChI=1S/C44H44N8O4Si/c1-57(2)36-22-30(51-17-3-4-18-51)12-15-33(36)38(34-16-13-31(23-37(34)57)52-19-5-6-20-52)35-21-29(11-14-32(35)43(54)55)41(53)46-24-27-7-9-28(10-8-27)25-56-42-39-40(48-26-47-39)49-44(45)50-42/h7-16,21-23,26H,3-6,17-20,24-25H2,1-2H3,(H4-,45,46,47,48,49,50,53,54,55). The van der Waals surface area contributed by atoms with Gasteiger partial charge in [0.15, 0.2) is 11.4 Å². The molecule has 0 bridgehead atoms. The zero-order chi connectivity index (χ0) is 39.3. The molecule has 3 aromatic carbocycles. The van der Waals surface area contributed by atoms with Gasteiger partial charge in [-0.15, -0.1) is 0 Å². The molecule has 1 aliphatic carbocycles. The summed E-state index contributed by atoms with van der Waals surface area (Å²) in [6.45, 7) is 9.46. The monoisotopic (exact) mass is 776 g/mol. The third-order valence-electron chi connectivity index (χ3n) is 11.7. The Morgan fingerprint density at radius 2 is 1.72 bits per heavy atom. The van der Waals surface area contributed by atoms with Crippen LogP contribution in [0, 0.1) is 0 Å². The Kier molecular flexibility index (Phi) is 9.32. The summed E-state index contributed by atoms with van der Waals surface area (Å²) in [5.74, 6) is -1.19. The molecule has 288 valence electrons. The van der Waals surface area contributed by atoms with Crippen molar-refractivity contribution in [1.82, 2.24) is 25.3 Å². The van der Waals surface area contributed by atoms with Crippen molar-refractivity contribution in [2.45, 2.75) is 51.9 Å². The molecule has 2 saturated heterocycles. The molecule has 5 heterocycles. The molecule has 4 N–H and O–H groups in total. The van der Waals surface area contributed by atoms with Gasteiger partial charge in [0.2, 0.25) is 11.8 Å². The van der Waals surface area contributed by atoms with Crippen LogP contribution < -0.4 is 31.0 Å². The number of H-pyrrole nitrogens is 1. The van der Waals surface area contributed by atoms with E-state index in [2.05, 4.69) is 84.2 Å². The number of allylic oxidation sites excluding steroid dienone is 5. The molecule has 0 spiro atoms. The molecule has 1 amide bonds. The van der Waals surface area contributed by atoms with Crippen molar-refractivity contribution in [2.75, 3.05) is 36.8 Å². The lowest BCUT2D eigenvalue weighted by Gasteiger charge is -2.38. The lowest BCUT2D eigenvalue weighted by molar-refractivity contribution is -0.504. The van der Waals surface area contributed by atoms with Gasteiger partial charge in [-0.1, -0.05) is 49.5 Å². The number of rotatable bonds is 9. The first-order chi connectivity index (χ1) is 27.6. The zero-order valence-corrected chi connectivity index (χ0v) is 33.1. The van der Waals surface area contributed by atoms with Crippen LogP contribution in [-0.2, 0) is 13.2 Å². The number of hydrogen-bond donors (Lipinski definition) is 3. The maximum absolute atomic E-state index is 13.8. The van der Waals surface area contributed by atoms with E-state index < -0.39 is 14.0 Å². The lowest BCUT2D eigenvalue weighted by Crippen LogP contribution is -2.50. The summed E-state index contributed by atoms with van der Waals surface area (Å²) in [7, 11) is -2.28. The number of carbonyl (C=O) groups is 2. The van der Waals surface area contributed by atoms with E-state index in [-0.39, 0.29) is 30.6 Å². The first-order valence-electron chi connectivity index (χ1n) is 19.6. The molecule has 0 radical (unpaired) electrons. The molecule has 57 heavy (non-hydrogen) atoms. The van der Waals surface area contributed by atoms with Crippen LogP contribution in [0.5, 0.6) is 5.88 Å². The molecule has 3 aliphatic heterocycles. The van der Waals surface area contributed by atoms with Gasteiger partial charge in [0, 0.05) is 61.4 Å². The van der Waals surface area contributed by atoms with Gasteiger partial charge in [-0.3, -0.25) is 4.79 Å². The van der Waals surface area contributed by atoms with Crippen molar-refractivity contribution < 1.29 is 24.0 Å². The summed E-state index contributed by atoms with van der Waals surface area (Å²) in [5, 5.41) is 18.4. The van der Waals surface area contributed by atoms with E-state index in [1.54, 1.807) is 12.1 Å². The topological polar surface area (TPSA) is 165 Å². The smallest absolute Gasteiger partial charge is 0.251 e. The van der Waals surface area contributed by atoms with E-state index in [0.29, 0.717) is 28.2 Å². The van der Waals surface area contributed by atoms with Gasteiger partial charge in [0.25, 0.3) is 5.91 Å². The van der Waals surface area contributed by atoms with Gasteiger partial charge in [-0.25, -0.2) is 9.56 Å². The predicted molar refractivity (Wildman–Crippen MR) is 221 cm³/mol. The average Bonchev–Trinajstić information content (AvgIpc) is 4.04. The van der Waals surface area contributed by atoms with E-state index in [0.717, 1.165) is 54.0 Å². The van der Waals surface area contributed by atoms with E-state index in [1.165, 1.54) is 59.9 Å². The fraction of sp³-hybridized carbons (Fsp3) is 0.273. The number of nitrogens with one attached hydrogen (secondary N) is 2. The van der Waals surface area contributed by atoms with Crippen molar-refractivity contribution in [3.63, 3.8) is 0 Å². The van der Waals surface area contributed by atoms with Gasteiger partial charge in [0.05, 0.1) is 12.3 Å². The van der Waals surface area contributed by atoms with E-state index >= 15 is 0 Å². The largest absolute Gasteiger partial charge is 0.545 e. The van der Waals surface area contributed by atoms with Crippen LogP contribution in [0.25, 0.3) is 16.7 Å². The van der Waals surface area contributed by atoms with Gasteiger partial charge < -0.3 is 35.6 Å². The molecule has 12 nitrogen and oxygen atoms in total. The van der Waals surface area contributed by atoms with Gasteiger partial charge in [0.1, 0.15) is 33.3 Å². The summed E-state index contributed by atoms with van der Waals surface area (Å²) in [4.78, 5) is 44.5. The second-order valence-electron chi connectivity index (χ2n) is 15.7. The third-order valence-corrected chi connectivity index (χ3v) is 15.2. The maximum atomic E-state index is 13.8. The second kappa shape index (κ2) is 14.6.